The number of terminal acetylenes is 1. The molecule has 0 spiro atoms. The average molecular weight is 196 g/mol. The Morgan fingerprint density at radius 2 is 1.93 bits per heavy atom. The molecule has 0 radical (unpaired) electrons. The van der Waals surface area contributed by atoms with Gasteiger partial charge in [-0.3, -0.25) is 0 Å². The van der Waals surface area contributed by atoms with Crippen LogP contribution < -0.4 is 0 Å². The smallest absolute Gasteiger partial charge is 0.0907 e. The van der Waals surface area contributed by atoms with Gasteiger partial charge in [-0.15, -0.1) is 12.3 Å². The second-order valence-corrected chi connectivity index (χ2v) is 4.27. The highest BCUT2D eigenvalue weighted by Gasteiger charge is 2.20. The van der Waals surface area contributed by atoms with Crippen molar-refractivity contribution >= 4 is 0 Å². The van der Waals surface area contributed by atoms with Crippen LogP contribution in [0.4, 0.5) is 0 Å². The van der Waals surface area contributed by atoms with Crippen LogP contribution >= 0.6 is 0 Å². The second kappa shape index (κ2) is 6.06. The average Bonchev–Trinajstić information content (AvgIpc) is 2.96. The molecule has 0 heterocycles. The first kappa shape index (κ1) is 11.6. The normalized spacial score (nSPS) is 20.1. The molecule has 1 aliphatic rings. The first-order valence-corrected chi connectivity index (χ1v) is 5.53. The quantitative estimate of drug-likeness (QED) is 0.480. The van der Waals surface area contributed by atoms with Gasteiger partial charge in [0.2, 0.25) is 0 Å². The van der Waals surface area contributed by atoms with Gasteiger partial charge in [0.15, 0.2) is 0 Å². The van der Waals surface area contributed by atoms with Crippen LogP contribution in [-0.2, 0) is 0 Å². The molecule has 2 nitrogen and oxygen atoms in total. The van der Waals surface area contributed by atoms with Gasteiger partial charge in [0.05, 0.1) is 12.2 Å². The first-order valence-electron chi connectivity index (χ1n) is 5.53. The third-order valence-electron chi connectivity index (χ3n) is 2.83. The molecule has 0 saturated heterocycles. The molecule has 1 rings (SSSR count). The molecule has 1 saturated carbocycles. The SMILES string of the molecule is C#CC[C@@H](O)[C@H](O)CCCCC1CC1. The highest BCUT2D eigenvalue weighted by molar-refractivity contribution is 4.89. The summed E-state index contributed by atoms with van der Waals surface area (Å²) in [5, 5.41) is 18.8. The molecule has 0 unspecified atom stereocenters. The van der Waals surface area contributed by atoms with Crippen molar-refractivity contribution in [1.82, 2.24) is 0 Å². The topological polar surface area (TPSA) is 40.5 Å². The van der Waals surface area contributed by atoms with Crippen LogP contribution in [0, 0.1) is 18.3 Å². The maximum atomic E-state index is 9.48. The summed E-state index contributed by atoms with van der Waals surface area (Å²) in [7, 11) is 0. The minimum atomic E-state index is -0.735. The van der Waals surface area contributed by atoms with Crippen LogP contribution in [0.5, 0.6) is 0 Å². The van der Waals surface area contributed by atoms with E-state index in [-0.39, 0.29) is 6.42 Å². The predicted molar refractivity (Wildman–Crippen MR) is 56.7 cm³/mol. The fourth-order valence-corrected chi connectivity index (χ4v) is 1.64. The van der Waals surface area contributed by atoms with Crippen molar-refractivity contribution in [3.63, 3.8) is 0 Å². The Labute approximate surface area is 86.3 Å². The lowest BCUT2D eigenvalue weighted by atomic mass is 10.0. The summed E-state index contributed by atoms with van der Waals surface area (Å²) in [5.41, 5.74) is 0. The number of hydrogen-bond donors (Lipinski definition) is 2. The molecule has 0 aromatic heterocycles. The Morgan fingerprint density at radius 3 is 2.50 bits per heavy atom. The summed E-state index contributed by atoms with van der Waals surface area (Å²) in [6.07, 6.45) is 10.9. The summed E-state index contributed by atoms with van der Waals surface area (Å²) in [6.45, 7) is 0. The van der Waals surface area contributed by atoms with Crippen molar-refractivity contribution in [2.24, 2.45) is 5.92 Å². The molecule has 2 heteroatoms. The largest absolute Gasteiger partial charge is 0.390 e. The Kier molecular flexibility index (Phi) is 5.00. The zero-order valence-corrected chi connectivity index (χ0v) is 8.65. The van der Waals surface area contributed by atoms with Gasteiger partial charge in [-0.25, -0.2) is 0 Å². The van der Waals surface area contributed by atoms with Crippen LogP contribution in [0.25, 0.3) is 0 Å². The van der Waals surface area contributed by atoms with E-state index in [1.54, 1.807) is 0 Å². The molecule has 0 aromatic carbocycles. The highest BCUT2D eigenvalue weighted by Crippen LogP contribution is 2.34. The fourth-order valence-electron chi connectivity index (χ4n) is 1.64. The second-order valence-electron chi connectivity index (χ2n) is 4.27. The van der Waals surface area contributed by atoms with E-state index < -0.39 is 12.2 Å². The standard InChI is InChI=1S/C12H20O2/c1-2-5-11(13)12(14)7-4-3-6-10-8-9-10/h1,10-14H,3-9H2/t11-,12-/m1/s1. The van der Waals surface area contributed by atoms with Gasteiger partial charge in [-0.2, -0.15) is 0 Å². The monoisotopic (exact) mass is 196 g/mol. The number of hydrogen-bond acceptors (Lipinski definition) is 2. The zero-order chi connectivity index (χ0) is 10.4. The van der Waals surface area contributed by atoms with Crippen LogP contribution in [0.3, 0.4) is 0 Å². The lowest BCUT2D eigenvalue weighted by molar-refractivity contribution is 0.0165. The predicted octanol–water partition coefficient (Wildman–Crippen LogP) is 1.70. The summed E-state index contributed by atoms with van der Waals surface area (Å²) >= 11 is 0. The third kappa shape index (κ3) is 4.64. The maximum absolute atomic E-state index is 9.48. The minimum absolute atomic E-state index is 0.254. The van der Waals surface area contributed by atoms with Crippen LogP contribution in [0.1, 0.15) is 44.9 Å². The molecule has 14 heavy (non-hydrogen) atoms. The summed E-state index contributed by atoms with van der Waals surface area (Å²) in [5.74, 6) is 3.32. The van der Waals surface area contributed by atoms with Crippen molar-refractivity contribution in [3.8, 4) is 12.3 Å². The van der Waals surface area contributed by atoms with E-state index in [4.69, 9.17) is 6.42 Å². The van der Waals surface area contributed by atoms with Gasteiger partial charge in [0, 0.05) is 6.42 Å². The number of aliphatic hydroxyl groups excluding tert-OH is 2. The Morgan fingerprint density at radius 1 is 1.21 bits per heavy atom. The van der Waals surface area contributed by atoms with Gasteiger partial charge in [0.1, 0.15) is 0 Å². The van der Waals surface area contributed by atoms with Crippen molar-refractivity contribution in [3.05, 3.63) is 0 Å². The molecule has 0 bridgehead atoms. The van der Waals surface area contributed by atoms with E-state index in [2.05, 4.69) is 5.92 Å². The molecule has 1 aliphatic carbocycles. The molecule has 80 valence electrons. The van der Waals surface area contributed by atoms with Crippen molar-refractivity contribution in [2.45, 2.75) is 57.2 Å². The minimum Gasteiger partial charge on any atom is -0.390 e. The molecule has 0 amide bonds. The third-order valence-corrected chi connectivity index (χ3v) is 2.83. The van der Waals surface area contributed by atoms with E-state index in [9.17, 15) is 10.2 Å². The van der Waals surface area contributed by atoms with Crippen LogP contribution in [0.2, 0.25) is 0 Å². The lowest BCUT2D eigenvalue weighted by Crippen LogP contribution is -2.25. The highest BCUT2D eigenvalue weighted by atomic mass is 16.3. The van der Waals surface area contributed by atoms with E-state index in [0.29, 0.717) is 6.42 Å². The van der Waals surface area contributed by atoms with Gasteiger partial charge >= 0.3 is 0 Å². The molecule has 1 fully saturated rings. The molecular formula is C12H20O2. The Bertz CT molecular complexity index is 191. The summed E-state index contributed by atoms with van der Waals surface area (Å²) in [6, 6.07) is 0. The van der Waals surface area contributed by atoms with Crippen molar-refractivity contribution in [1.29, 1.82) is 0 Å². The number of rotatable bonds is 7. The summed E-state index contributed by atoms with van der Waals surface area (Å²) in [4.78, 5) is 0. The fraction of sp³-hybridized carbons (Fsp3) is 0.833. The molecule has 2 atom stereocenters. The van der Waals surface area contributed by atoms with E-state index in [1.165, 1.54) is 25.7 Å². The van der Waals surface area contributed by atoms with E-state index in [0.717, 1.165) is 12.3 Å². The lowest BCUT2D eigenvalue weighted by Gasteiger charge is -2.15. The van der Waals surface area contributed by atoms with Crippen molar-refractivity contribution < 1.29 is 10.2 Å². The molecular weight excluding hydrogens is 176 g/mol. The zero-order valence-electron chi connectivity index (χ0n) is 8.65. The van der Waals surface area contributed by atoms with Crippen LogP contribution in [-0.4, -0.2) is 22.4 Å². The number of unbranched alkanes of at least 4 members (excludes halogenated alkanes) is 1. The first-order chi connectivity index (χ1) is 6.74. The van der Waals surface area contributed by atoms with Crippen molar-refractivity contribution in [2.75, 3.05) is 0 Å². The van der Waals surface area contributed by atoms with Gasteiger partial charge < -0.3 is 10.2 Å². The summed E-state index contributed by atoms with van der Waals surface area (Å²) < 4.78 is 0. The van der Waals surface area contributed by atoms with Gasteiger partial charge in [-0.05, 0) is 12.3 Å². The molecule has 0 aliphatic heterocycles. The van der Waals surface area contributed by atoms with E-state index >= 15 is 0 Å². The molecule has 2 N–H and O–H groups in total. The van der Waals surface area contributed by atoms with Crippen LogP contribution in [0.15, 0.2) is 0 Å². The molecule has 0 aromatic rings. The number of aliphatic hydroxyl groups is 2. The van der Waals surface area contributed by atoms with Gasteiger partial charge in [0.25, 0.3) is 0 Å². The van der Waals surface area contributed by atoms with E-state index in [1.807, 2.05) is 0 Å². The Hall–Kier alpha value is -0.520. The Balaban J connectivity index is 1.95. The maximum Gasteiger partial charge on any atom is 0.0907 e. The van der Waals surface area contributed by atoms with Gasteiger partial charge in [-0.1, -0.05) is 32.1 Å².